The third-order valence-electron chi connectivity index (χ3n) is 4.24. The first-order valence-electron chi connectivity index (χ1n) is 7.70. The number of hydrogen-bond acceptors (Lipinski definition) is 3. The molecule has 1 aromatic rings. The van der Waals surface area contributed by atoms with Crippen LogP contribution < -0.4 is 0 Å². The first kappa shape index (κ1) is 16.0. The van der Waals surface area contributed by atoms with Crippen molar-refractivity contribution in [1.82, 2.24) is 14.7 Å². The Balaban J connectivity index is 1.84. The fourth-order valence-electron chi connectivity index (χ4n) is 2.91. The van der Waals surface area contributed by atoms with Crippen molar-refractivity contribution in [2.75, 3.05) is 40.3 Å². The van der Waals surface area contributed by atoms with E-state index in [1.54, 1.807) is 4.90 Å². The molecule has 0 spiro atoms. The van der Waals surface area contributed by atoms with Gasteiger partial charge in [0.25, 0.3) is 0 Å². The van der Waals surface area contributed by atoms with Crippen LogP contribution in [0.1, 0.15) is 18.1 Å². The number of likely N-dealkylation sites (N-methyl/N-ethyl adjacent to an activating group) is 1. The molecule has 1 heterocycles. The molecular weight excluding hydrogens is 262 g/mol. The van der Waals surface area contributed by atoms with Crippen LogP contribution in [0.2, 0.25) is 0 Å². The molecule has 1 unspecified atom stereocenters. The predicted molar refractivity (Wildman–Crippen MR) is 86.2 cm³/mol. The zero-order chi connectivity index (χ0) is 15.4. The molecule has 1 aliphatic rings. The topological polar surface area (TPSA) is 26.8 Å². The predicted octanol–water partition coefficient (Wildman–Crippen LogP) is 1.59. The van der Waals surface area contributed by atoms with E-state index in [9.17, 15) is 4.79 Å². The molecule has 1 saturated heterocycles. The summed E-state index contributed by atoms with van der Waals surface area (Å²) in [4.78, 5) is 18.5. The highest BCUT2D eigenvalue weighted by Crippen LogP contribution is 2.12. The van der Waals surface area contributed by atoms with Gasteiger partial charge in [0, 0.05) is 46.8 Å². The summed E-state index contributed by atoms with van der Waals surface area (Å²) in [5.74, 6) is 0.196. The van der Waals surface area contributed by atoms with Gasteiger partial charge in [-0.3, -0.25) is 14.6 Å². The molecule has 116 valence electrons. The van der Waals surface area contributed by atoms with Gasteiger partial charge in [-0.1, -0.05) is 29.8 Å². The molecule has 1 amide bonds. The lowest BCUT2D eigenvalue weighted by atomic mass is 10.1. The minimum absolute atomic E-state index is 0.0129. The summed E-state index contributed by atoms with van der Waals surface area (Å²) in [5.41, 5.74) is 2.69. The summed E-state index contributed by atoms with van der Waals surface area (Å²) < 4.78 is 0. The molecule has 0 aromatic heterocycles. The van der Waals surface area contributed by atoms with Crippen LogP contribution in [0.4, 0.5) is 0 Å². The molecule has 2 rings (SSSR count). The molecule has 0 aliphatic carbocycles. The van der Waals surface area contributed by atoms with Crippen LogP contribution in [0.25, 0.3) is 0 Å². The maximum absolute atomic E-state index is 12.0. The molecule has 1 aliphatic heterocycles. The first-order chi connectivity index (χ1) is 9.97. The zero-order valence-corrected chi connectivity index (χ0v) is 13.7. The highest BCUT2D eigenvalue weighted by Gasteiger charge is 2.26. The van der Waals surface area contributed by atoms with Gasteiger partial charge >= 0.3 is 0 Å². The fraction of sp³-hybridized carbons (Fsp3) is 0.588. The monoisotopic (exact) mass is 289 g/mol. The van der Waals surface area contributed by atoms with Crippen molar-refractivity contribution in [3.05, 3.63) is 35.4 Å². The van der Waals surface area contributed by atoms with Gasteiger partial charge in [-0.15, -0.1) is 0 Å². The van der Waals surface area contributed by atoms with Crippen LogP contribution in [-0.4, -0.2) is 66.9 Å². The van der Waals surface area contributed by atoms with E-state index < -0.39 is 0 Å². The number of hydrogen-bond donors (Lipinski definition) is 0. The normalized spacial score (nSPS) is 18.5. The van der Waals surface area contributed by atoms with Crippen molar-refractivity contribution >= 4 is 5.91 Å². The smallest absolute Gasteiger partial charge is 0.239 e. The second kappa shape index (κ2) is 7.05. The number of benzene rings is 1. The molecule has 0 saturated carbocycles. The van der Waals surface area contributed by atoms with E-state index in [1.807, 2.05) is 21.0 Å². The second-order valence-corrected chi connectivity index (χ2v) is 6.21. The van der Waals surface area contributed by atoms with E-state index in [0.717, 1.165) is 32.7 Å². The highest BCUT2D eigenvalue weighted by atomic mass is 16.2. The number of rotatable bonds is 4. The minimum Gasteiger partial charge on any atom is -0.347 e. The van der Waals surface area contributed by atoms with Crippen molar-refractivity contribution in [2.24, 2.45) is 0 Å². The van der Waals surface area contributed by atoms with Crippen LogP contribution in [-0.2, 0) is 11.3 Å². The van der Waals surface area contributed by atoms with Crippen molar-refractivity contribution in [3.63, 3.8) is 0 Å². The number of aryl methyl sites for hydroxylation is 1. The number of carbonyl (C=O) groups is 1. The Morgan fingerprint density at radius 3 is 2.48 bits per heavy atom. The Labute approximate surface area is 128 Å². The molecule has 0 radical (unpaired) electrons. The van der Waals surface area contributed by atoms with Crippen LogP contribution in [0.15, 0.2) is 24.3 Å². The summed E-state index contributed by atoms with van der Waals surface area (Å²) in [7, 11) is 3.65. The number of nitrogens with zero attached hydrogens (tertiary/aromatic N) is 3. The highest BCUT2D eigenvalue weighted by molar-refractivity contribution is 5.80. The maximum atomic E-state index is 12.0. The first-order valence-corrected chi connectivity index (χ1v) is 7.70. The Bertz CT molecular complexity index is 479. The zero-order valence-electron chi connectivity index (χ0n) is 13.7. The Hall–Kier alpha value is -1.39. The lowest BCUT2D eigenvalue weighted by molar-refractivity contribution is -0.134. The fourth-order valence-corrected chi connectivity index (χ4v) is 2.91. The lowest BCUT2D eigenvalue weighted by Gasteiger charge is -2.38. The average Bonchev–Trinajstić information content (AvgIpc) is 2.46. The van der Waals surface area contributed by atoms with Crippen LogP contribution in [0.5, 0.6) is 0 Å². The molecule has 1 aromatic carbocycles. The van der Waals surface area contributed by atoms with Gasteiger partial charge < -0.3 is 4.90 Å². The molecule has 1 atom stereocenters. The summed E-state index contributed by atoms with van der Waals surface area (Å²) in [6.45, 7) is 9.14. The van der Waals surface area contributed by atoms with Crippen molar-refractivity contribution in [1.29, 1.82) is 0 Å². The van der Waals surface area contributed by atoms with Gasteiger partial charge in [0.1, 0.15) is 0 Å². The van der Waals surface area contributed by atoms with E-state index in [0.29, 0.717) is 0 Å². The summed E-state index contributed by atoms with van der Waals surface area (Å²) in [6, 6.07) is 8.69. The van der Waals surface area contributed by atoms with Crippen LogP contribution in [0.3, 0.4) is 0 Å². The Morgan fingerprint density at radius 2 is 1.90 bits per heavy atom. The number of carbonyl (C=O) groups excluding carboxylic acids is 1. The summed E-state index contributed by atoms with van der Waals surface area (Å²) in [6.07, 6.45) is 0. The number of piperazine rings is 1. The van der Waals surface area contributed by atoms with Crippen molar-refractivity contribution in [2.45, 2.75) is 26.4 Å². The van der Waals surface area contributed by atoms with Gasteiger partial charge in [-0.25, -0.2) is 0 Å². The average molecular weight is 289 g/mol. The third-order valence-corrected chi connectivity index (χ3v) is 4.24. The van der Waals surface area contributed by atoms with Crippen LogP contribution >= 0.6 is 0 Å². The van der Waals surface area contributed by atoms with Crippen molar-refractivity contribution < 1.29 is 4.79 Å². The van der Waals surface area contributed by atoms with Crippen molar-refractivity contribution in [3.8, 4) is 0 Å². The third kappa shape index (κ3) is 4.29. The van der Waals surface area contributed by atoms with Crippen LogP contribution in [0, 0.1) is 6.92 Å². The van der Waals surface area contributed by atoms with Gasteiger partial charge in [-0.05, 0) is 19.4 Å². The van der Waals surface area contributed by atoms with E-state index in [-0.39, 0.29) is 11.9 Å². The number of amides is 1. The maximum Gasteiger partial charge on any atom is 0.239 e. The molecule has 4 heteroatoms. The molecule has 0 N–H and O–H groups in total. The standard InChI is InChI=1S/C17H27N3O/c1-14-6-5-7-16(12-14)13-19-8-10-20(11-9-19)15(2)17(21)18(3)4/h5-7,12,15H,8-11,13H2,1-4H3. The largest absolute Gasteiger partial charge is 0.347 e. The van der Waals surface area contributed by atoms with Gasteiger partial charge in [0.2, 0.25) is 5.91 Å². The quantitative estimate of drug-likeness (QED) is 0.842. The molecular formula is C17H27N3O. The molecule has 0 bridgehead atoms. The van der Waals surface area contributed by atoms with Gasteiger partial charge in [-0.2, -0.15) is 0 Å². The summed E-state index contributed by atoms with van der Waals surface area (Å²) in [5, 5.41) is 0. The Morgan fingerprint density at radius 1 is 1.24 bits per heavy atom. The van der Waals surface area contributed by atoms with Gasteiger partial charge in [0.15, 0.2) is 0 Å². The second-order valence-electron chi connectivity index (χ2n) is 6.21. The summed E-state index contributed by atoms with van der Waals surface area (Å²) >= 11 is 0. The van der Waals surface area contributed by atoms with E-state index in [4.69, 9.17) is 0 Å². The van der Waals surface area contributed by atoms with E-state index in [2.05, 4.69) is 41.0 Å². The van der Waals surface area contributed by atoms with E-state index >= 15 is 0 Å². The van der Waals surface area contributed by atoms with E-state index in [1.165, 1.54) is 11.1 Å². The minimum atomic E-state index is -0.0129. The Kier molecular flexibility index (Phi) is 5.37. The lowest BCUT2D eigenvalue weighted by Crippen LogP contribution is -2.53. The molecule has 4 nitrogen and oxygen atoms in total. The SMILES string of the molecule is Cc1cccc(CN2CCN(C(C)C(=O)N(C)C)CC2)c1. The van der Waals surface area contributed by atoms with Gasteiger partial charge in [0.05, 0.1) is 6.04 Å². The molecule has 1 fully saturated rings. The molecule has 21 heavy (non-hydrogen) atoms.